The second kappa shape index (κ2) is 16.7. The molecule has 4 heterocycles. The normalized spacial score (nSPS) is 29.0. The van der Waals surface area contributed by atoms with Gasteiger partial charge >= 0.3 is 34.4 Å². The Morgan fingerprint density at radius 3 is 0.887 bits per heavy atom. The monoisotopic (exact) mass is 800 g/mol. The summed E-state index contributed by atoms with van der Waals surface area (Å²) in [6.07, 6.45) is 0. The van der Waals surface area contributed by atoms with Gasteiger partial charge in [0, 0.05) is 5.41 Å². The lowest BCUT2D eigenvalue weighted by Gasteiger charge is -2.41. The van der Waals surface area contributed by atoms with Crippen molar-refractivity contribution in [2.24, 2.45) is 10.8 Å². The van der Waals surface area contributed by atoms with Crippen molar-refractivity contribution in [1.29, 1.82) is 0 Å². The van der Waals surface area contributed by atoms with Gasteiger partial charge in [0.1, 0.15) is 23.0 Å². The zero-order valence-electron chi connectivity index (χ0n) is 29.2. The van der Waals surface area contributed by atoms with Gasteiger partial charge in [-0.1, -0.05) is 74.5 Å². The molecule has 4 aliphatic heterocycles. The molecule has 280 valence electrons. The topological polar surface area (TPSA) is 111 Å². The lowest BCUT2D eigenvalue weighted by atomic mass is 9.78. The molecule has 4 saturated heterocycles. The van der Waals surface area contributed by atoms with Crippen molar-refractivity contribution in [2.45, 2.75) is 19.3 Å². The van der Waals surface area contributed by atoms with E-state index in [4.69, 9.17) is 54.3 Å². The quantitative estimate of drug-likeness (QED) is 0.142. The molecule has 4 aromatic carbocycles. The highest BCUT2D eigenvalue weighted by Crippen LogP contribution is 2.54. The average molecular weight is 801 g/mol. The highest BCUT2D eigenvalue weighted by atomic mass is 31.2. The molecule has 2 spiro atoms. The smallest absolute Gasteiger partial charge is 0.397 e. The Labute approximate surface area is 314 Å². The molecule has 12 nitrogen and oxygen atoms in total. The molecular formula is C37H40O12P4. The Morgan fingerprint density at radius 2 is 0.623 bits per heavy atom. The Morgan fingerprint density at radius 1 is 0.377 bits per heavy atom. The molecule has 0 amide bonds. The molecular weight excluding hydrogens is 760 g/mol. The van der Waals surface area contributed by atoms with Crippen LogP contribution in [0.25, 0.3) is 0 Å². The third kappa shape index (κ3) is 9.31. The van der Waals surface area contributed by atoms with Gasteiger partial charge in [0.25, 0.3) is 0 Å². The molecule has 0 bridgehead atoms. The van der Waals surface area contributed by atoms with Gasteiger partial charge in [-0.2, -0.15) is 0 Å². The van der Waals surface area contributed by atoms with Crippen LogP contribution in [0.5, 0.6) is 23.0 Å². The standard InChI is InChI=1S/C37H40O12P4/c1-35(2,29-13-17-33(18-14-29)48-52-42-25-36(26-43-52)21-38-50(39-22-36)46-31-9-5-3-6-10-31)30-15-19-34(20-16-30)49-53-44-27-37(28-45-53)23-40-51(41-24-37)47-32-11-7-4-8-12-32/h3-20H,21-28H2,1-2H3. The Balaban J connectivity index is 0.769. The van der Waals surface area contributed by atoms with Crippen LogP contribution in [0.3, 0.4) is 0 Å². The van der Waals surface area contributed by atoms with Crippen molar-refractivity contribution in [3.63, 3.8) is 0 Å². The van der Waals surface area contributed by atoms with Gasteiger partial charge in [-0.25, -0.2) is 0 Å². The summed E-state index contributed by atoms with van der Waals surface area (Å²) in [6, 6.07) is 35.1. The molecule has 0 aliphatic carbocycles. The maximum Gasteiger partial charge on any atom is 0.397 e. The van der Waals surface area contributed by atoms with Crippen LogP contribution < -0.4 is 18.1 Å². The van der Waals surface area contributed by atoms with Crippen LogP contribution in [-0.4, -0.2) is 52.9 Å². The summed E-state index contributed by atoms with van der Waals surface area (Å²) in [7, 11) is -6.01. The third-order valence-corrected chi connectivity index (χ3v) is 13.3. The second-order valence-corrected chi connectivity index (χ2v) is 18.3. The fourth-order valence-electron chi connectivity index (χ4n) is 5.72. The van der Waals surface area contributed by atoms with Gasteiger partial charge < -0.3 is 54.3 Å². The molecule has 0 radical (unpaired) electrons. The van der Waals surface area contributed by atoms with Crippen molar-refractivity contribution < 1.29 is 54.3 Å². The summed E-state index contributed by atoms with van der Waals surface area (Å²) < 4.78 is 71.3. The fraction of sp³-hybridized carbons (Fsp3) is 0.351. The van der Waals surface area contributed by atoms with Crippen LogP contribution in [0.1, 0.15) is 25.0 Å². The van der Waals surface area contributed by atoms with Crippen molar-refractivity contribution in [1.82, 2.24) is 0 Å². The highest BCUT2D eigenvalue weighted by Gasteiger charge is 2.46. The minimum atomic E-state index is -1.55. The van der Waals surface area contributed by atoms with Gasteiger partial charge in [0.2, 0.25) is 0 Å². The highest BCUT2D eigenvalue weighted by molar-refractivity contribution is 7.43. The fourth-order valence-corrected chi connectivity index (χ4v) is 10.6. The van der Waals surface area contributed by atoms with Gasteiger partial charge in [-0.3, -0.25) is 0 Å². The summed E-state index contributed by atoms with van der Waals surface area (Å²) in [5.74, 6) is 2.78. The minimum absolute atomic E-state index is 0.280. The minimum Gasteiger partial charge on any atom is -0.427 e. The Hall–Kier alpha value is -2.52. The van der Waals surface area contributed by atoms with E-state index < -0.39 is 34.4 Å². The summed E-state index contributed by atoms with van der Waals surface area (Å²) in [4.78, 5) is 0. The van der Waals surface area contributed by atoms with Crippen molar-refractivity contribution >= 4 is 34.4 Å². The van der Waals surface area contributed by atoms with Crippen LogP contribution in [0.2, 0.25) is 0 Å². The van der Waals surface area contributed by atoms with Crippen LogP contribution >= 0.6 is 34.4 Å². The SMILES string of the molecule is CC(C)(c1ccc(OP2OCC3(COP(Oc4ccccc4)OC3)CO2)cc1)c1ccc(OP2OCC3(COP(Oc4ccccc4)OC3)CO2)cc1. The summed E-state index contributed by atoms with van der Waals surface area (Å²) in [5.41, 5.74) is 1.20. The van der Waals surface area contributed by atoms with Crippen molar-refractivity contribution in [2.75, 3.05) is 52.9 Å². The molecule has 0 unspecified atom stereocenters. The van der Waals surface area contributed by atoms with E-state index in [0.717, 1.165) is 11.1 Å². The van der Waals surface area contributed by atoms with Crippen LogP contribution in [-0.2, 0) is 41.6 Å². The molecule has 0 saturated carbocycles. The summed E-state index contributed by atoms with van der Waals surface area (Å²) >= 11 is 0. The van der Waals surface area contributed by atoms with Gasteiger partial charge in [-0.05, 0) is 59.7 Å². The predicted molar refractivity (Wildman–Crippen MR) is 201 cm³/mol. The summed E-state index contributed by atoms with van der Waals surface area (Å²) in [6.45, 7) is 7.71. The predicted octanol–water partition coefficient (Wildman–Crippen LogP) is 10.00. The van der Waals surface area contributed by atoms with Gasteiger partial charge in [0.05, 0.1) is 63.7 Å². The van der Waals surface area contributed by atoms with E-state index in [-0.39, 0.29) is 16.2 Å². The molecule has 4 aromatic rings. The average Bonchev–Trinajstić information content (AvgIpc) is 3.20. The van der Waals surface area contributed by atoms with Crippen LogP contribution in [0, 0.1) is 10.8 Å². The van der Waals surface area contributed by atoms with E-state index in [1.54, 1.807) is 0 Å². The first-order valence-corrected chi connectivity index (χ1v) is 21.5. The molecule has 0 N–H and O–H groups in total. The van der Waals surface area contributed by atoms with Crippen molar-refractivity contribution in [3.8, 4) is 23.0 Å². The molecule has 0 atom stereocenters. The zero-order valence-corrected chi connectivity index (χ0v) is 32.8. The molecule has 16 heteroatoms. The number of hydrogen-bond acceptors (Lipinski definition) is 12. The lowest BCUT2D eigenvalue weighted by Crippen LogP contribution is -2.45. The number of rotatable bonds is 10. The van der Waals surface area contributed by atoms with E-state index >= 15 is 0 Å². The molecule has 0 aromatic heterocycles. The first kappa shape index (κ1) is 37.4. The van der Waals surface area contributed by atoms with E-state index in [9.17, 15) is 0 Å². The molecule has 4 aliphatic rings. The maximum atomic E-state index is 6.08. The van der Waals surface area contributed by atoms with Gasteiger partial charge in [0.15, 0.2) is 0 Å². The molecule has 4 fully saturated rings. The molecule has 8 rings (SSSR count). The maximum absolute atomic E-state index is 6.08. The van der Waals surface area contributed by atoms with E-state index in [1.807, 2.05) is 84.9 Å². The summed E-state index contributed by atoms with van der Waals surface area (Å²) in [5, 5.41) is 0. The van der Waals surface area contributed by atoms with Crippen molar-refractivity contribution in [3.05, 3.63) is 120 Å². The third-order valence-electron chi connectivity index (χ3n) is 9.17. The largest absolute Gasteiger partial charge is 0.427 e. The Bertz CT molecular complexity index is 1610. The number of para-hydroxylation sites is 2. The number of hydrogen-bond donors (Lipinski definition) is 0. The van der Waals surface area contributed by atoms with Gasteiger partial charge in [-0.15, -0.1) is 0 Å². The zero-order chi connectivity index (χ0) is 36.1. The van der Waals surface area contributed by atoms with E-state index in [0.29, 0.717) is 75.9 Å². The number of benzene rings is 4. The van der Waals surface area contributed by atoms with E-state index in [2.05, 4.69) is 38.1 Å². The Kier molecular flexibility index (Phi) is 11.8. The van der Waals surface area contributed by atoms with E-state index in [1.165, 1.54) is 0 Å². The second-order valence-electron chi connectivity index (χ2n) is 13.7. The molecule has 53 heavy (non-hydrogen) atoms. The first-order valence-electron chi connectivity index (χ1n) is 17.1. The first-order chi connectivity index (χ1) is 25.8. The van der Waals surface area contributed by atoms with Crippen LogP contribution in [0.4, 0.5) is 0 Å². The van der Waals surface area contributed by atoms with Crippen LogP contribution in [0.15, 0.2) is 109 Å². The lowest BCUT2D eigenvalue weighted by molar-refractivity contribution is -0.0677.